The summed E-state index contributed by atoms with van der Waals surface area (Å²) in [5, 5.41) is 12.5. The van der Waals surface area contributed by atoms with Gasteiger partial charge in [-0.25, -0.2) is 4.79 Å². The number of carboxylic acids is 1. The van der Waals surface area contributed by atoms with Crippen molar-refractivity contribution in [3.8, 4) is 0 Å². The molecule has 28 heavy (non-hydrogen) atoms. The predicted molar refractivity (Wildman–Crippen MR) is 105 cm³/mol. The van der Waals surface area contributed by atoms with Crippen molar-refractivity contribution in [2.75, 3.05) is 12.4 Å². The van der Waals surface area contributed by atoms with Gasteiger partial charge >= 0.3 is 11.9 Å². The molecule has 2 aliphatic rings. The van der Waals surface area contributed by atoms with Crippen LogP contribution in [0.3, 0.4) is 0 Å². The average Bonchev–Trinajstić information content (AvgIpc) is 2.66. The van der Waals surface area contributed by atoms with E-state index in [9.17, 15) is 19.5 Å². The molecule has 150 valence electrons. The van der Waals surface area contributed by atoms with E-state index in [1.54, 1.807) is 24.3 Å². The normalized spacial score (nSPS) is 23.5. The molecule has 0 bridgehead atoms. The van der Waals surface area contributed by atoms with Gasteiger partial charge in [-0.2, -0.15) is 0 Å². The van der Waals surface area contributed by atoms with Crippen LogP contribution < -0.4 is 5.32 Å². The quantitative estimate of drug-likeness (QED) is 0.603. The zero-order chi connectivity index (χ0) is 20.5. The molecule has 0 aromatic heterocycles. The van der Waals surface area contributed by atoms with E-state index in [4.69, 9.17) is 4.74 Å². The van der Waals surface area contributed by atoms with Gasteiger partial charge in [-0.15, -0.1) is 0 Å². The number of methoxy groups -OCH3 is 1. The number of rotatable bonds is 4. The lowest BCUT2D eigenvalue weighted by Crippen LogP contribution is -2.40. The number of carbonyl (C=O) groups excluding carboxylic acids is 2. The van der Waals surface area contributed by atoms with E-state index in [1.807, 2.05) is 0 Å². The second-order valence-corrected chi connectivity index (χ2v) is 8.31. The Bertz CT molecular complexity index is 839. The number of ether oxygens (including phenoxy) is 1. The average molecular weight is 385 g/mol. The number of hydrogen-bond acceptors (Lipinski definition) is 4. The zero-order valence-electron chi connectivity index (χ0n) is 16.6. The zero-order valence-corrected chi connectivity index (χ0v) is 16.6. The van der Waals surface area contributed by atoms with Gasteiger partial charge in [-0.1, -0.05) is 37.1 Å². The maximum atomic E-state index is 13.1. The number of carboxylic acid groups (broad SMARTS) is 1. The molecule has 3 rings (SSSR count). The van der Waals surface area contributed by atoms with Crippen LogP contribution in [0.4, 0.5) is 5.69 Å². The lowest BCUT2D eigenvalue weighted by atomic mass is 9.63. The van der Waals surface area contributed by atoms with E-state index in [-0.39, 0.29) is 16.9 Å². The van der Waals surface area contributed by atoms with Crippen LogP contribution in [0, 0.1) is 17.3 Å². The fourth-order valence-corrected chi connectivity index (χ4v) is 4.58. The highest BCUT2D eigenvalue weighted by molar-refractivity contribution is 6.02. The highest BCUT2D eigenvalue weighted by Crippen LogP contribution is 2.49. The summed E-state index contributed by atoms with van der Waals surface area (Å²) in [5.74, 6) is -3.28. The summed E-state index contributed by atoms with van der Waals surface area (Å²) in [4.78, 5) is 36.9. The first-order valence-corrected chi connectivity index (χ1v) is 9.67. The Kier molecular flexibility index (Phi) is 5.59. The van der Waals surface area contributed by atoms with Crippen molar-refractivity contribution in [3.63, 3.8) is 0 Å². The molecular formula is C22H27NO5. The third kappa shape index (κ3) is 3.81. The Morgan fingerprint density at radius 1 is 1.14 bits per heavy atom. The third-order valence-electron chi connectivity index (χ3n) is 6.14. The maximum absolute atomic E-state index is 13.1. The van der Waals surface area contributed by atoms with E-state index < -0.39 is 23.8 Å². The van der Waals surface area contributed by atoms with Crippen molar-refractivity contribution in [1.82, 2.24) is 0 Å². The molecule has 0 aliphatic heterocycles. The predicted octanol–water partition coefficient (Wildman–Crippen LogP) is 4.03. The van der Waals surface area contributed by atoms with Crippen molar-refractivity contribution >= 4 is 23.5 Å². The molecule has 2 atom stereocenters. The highest BCUT2D eigenvalue weighted by Gasteiger charge is 2.43. The molecular weight excluding hydrogens is 358 g/mol. The number of carbonyl (C=O) groups is 3. The van der Waals surface area contributed by atoms with E-state index in [0.29, 0.717) is 18.5 Å². The topological polar surface area (TPSA) is 92.7 Å². The van der Waals surface area contributed by atoms with Crippen molar-refractivity contribution in [2.45, 2.75) is 46.0 Å². The van der Waals surface area contributed by atoms with Crippen LogP contribution >= 0.6 is 0 Å². The first-order chi connectivity index (χ1) is 13.2. The summed E-state index contributed by atoms with van der Waals surface area (Å²) in [5.41, 5.74) is 3.02. The lowest BCUT2D eigenvalue weighted by molar-refractivity contribution is -0.146. The van der Waals surface area contributed by atoms with Crippen LogP contribution in [0.5, 0.6) is 0 Å². The van der Waals surface area contributed by atoms with Crippen LogP contribution in [0.2, 0.25) is 0 Å². The number of para-hydroxylation sites is 1. The third-order valence-corrected chi connectivity index (χ3v) is 6.14. The van der Waals surface area contributed by atoms with Gasteiger partial charge in [-0.05, 0) is 49.7 Å². The molecule has 1 amide bonds. The second kappa shape index (κ2) is 7.78. The van der Waals surface area contributed by atoms with E-state index >= 15 is 0 Å². The Labute approximate surface area is 165 Å². The standard InChI is InChI=1S/C22H27NO5/c1-22(2)10-6-7-13-11-16(20(25)26)15(12-17(13)22)19(24)23-18-9-5-4-8-14(18)21(27)28-3/h4-5,8-9,15-16H,6-7,10-12H2,1-3H3,(H,23,24)(H,25,26). The van der Waals surface area contributed by atoms with E-state index in [1.165, 1.54) is 18.3 Å². The molecule has 0 saturated heterocycles. The molecule has 2 N–H and O–H groups in total. The molecule has 0 spiro atoms. The van der Waals surface area contributed by atoms with Gasteiger partial charge in [0.25, 0.3) is 0 Å². The van der Waals surface area contributed by atoms with E-state index in [2.05, 4.69) is 19.2 Å². The minimum Gasteiger partial charge on any atom is -0.481 e. The molecule has 6 heteroatoms. The van der Waals surface area contributed by atoms with Gasteiger partial charge in [0.15, 0.2) is 0 Å². The number of allylic oxidation sites excluding steroid dienone is 2. The number of aliphatic carboxylic acids is 1. The summed E-state index contributed by atoms with van der Waals surface area (Å²) < 4.78 is 4.77. The van der Waals surface area contributed by atoms with Gasteiger partial charge < -0.3 is 15.2 Å². The highest BCUT2D eigenvalue weighted by atomic mass is 16.5. The maximum Gasteiger partial charge on any atom is 0.339 e. The van der Waals surface area contributed by atoms with Crippen molar-refractivity contribution in [3.05, 3.63) is 41.0 Å². The number of nitrogens with one attached hydrogen (secondary N) is 1. The van der Waals surface area contributed by atoms with E-state index in [0.717, 1.165) is 19.3 Å². The monoisotopic (exact) mass is 385 g/mol. The van der Waals surface area contributed by atoms with Crippen LogP contribution in [0.15, 0.2) is 35.4 Å². The smallest absolute Gasteiger partial charge is 0.339 e. The van der Waals surface area contributed by atoms with Crippen LogP contribution in [-0.4, -0.2) is 30.1 Å². The van der Waals surface area contributed by atoms with Crippen molar-refractivity contribution < 1.29 is 24.2 Å². The number of hydrogen-bond donors (Lipinski definition) is 2. The van der Waals surface area contributed by atoms with Gasteiger partial charge in [0.05, 0.1) is 30.2 Å². The Morgan fingerprint density at radius 2 is 1.86 bits per heavy atom. The molecule has 0 saturated carbocycles. The molecule has 6 nitrogen and oxygen atoms in total. The van der Waals surface area contributed by atoms with Gasteiger partial charge in [0, 0.05) is 0 Å². The van der Waals surface area contributed by atoms with Crippen molar-refractivity contribution in [2.24, 2.45) is 17.3 Å². The largest absolute Gasteiger partial charge is 0.481 e. The summed E-state index contributed by atoms with van der Waals surface area (Å²) in [7, 11) is 1.28. The SMILES string of the molecule is COC(=O)c1ccccc1NC(=O)C1CC2=C(CCCC2(C)C)CC1C(=O)O. The lowest BCUT2D eigenvalue weighted by Gasteiger charge is -2.42. The fourth-order valence-electron chi connectivity index (χ4n) is 4.58. The fraction of sp³-hybridized carbons (Fsp3) is 0.500. The second-order valence-electron chi connectivity index (χ2n) is 8.31. The summed E-state index contributed by atoms with van der Waals surface area (Å²) in [6.07, 6.45) is 3.89. The van der Waals surface area contributed by atoms with Crippen LogP contribution in [0.1, 0.15) is 56.3 Å². The molecule has 1 aromatic carbocycles. The molecule has 0 fully saturated rings. The van der Waals surface area contributed by atoms with Crippen LogP contribution in [0.25, 0.3) is 0 Å². The minimum absolute atomic E-state index is 0.0144. The Morgan fingerprint density at radius 3 is 2.54 bits per heavy atom. The Balaban J connectivity index is 1.89. The van der Waals surface area contributed by atoms with Crippen molar-refractivity contribution in [1.29, 1.82) is 0 Å². The number of benzene rings is 1. The van der Waals surface area contributed by atoms with Gasteiger partial charge in [-0.3, -0.25) is 9.59 Å². The molecule has 1 aromatic rings. The van der Waals surface area contributed by atoms with Gasteiger partial charge in [0.2, 0.25) is 5.91 Å². The van der Waals surface area contributed by atoms with Crippen LogP contribution in [-0.2, 0) is 14.3 Å². The molecule has 2 aliphatic carbocycles. The first kappa shape index (κ1) is 20.1. The minimum atomic E-state index is -0.948. The molecule has 0 radical (unpaired) electrons. The molecule has 2 unspecified atom stereocenters. The number of esters is 1. The number of amides is 1. The first-order valence-electron chi connectivity index (χ1n) is 9.67. The number of anilines is 1. The summed E-state index contributed by atoms with van der Waals surface area (Å²) >= 11 is 0. The summed E-state index contributed by atoms with van der Waals surface area (Å²) in [6.45, 7) is 4.34. The molecule has 0 heterocycles. The Hall–Kier alpha value is -2.63. The van der Waals surface area contributed by atoms with Gasteiger partial charge in [0.1, 0.15) is 0 Å². The summed E-state index contributed by atoms with van der Waals surface area (Å²) in [6, 6.07) is 6.59.